The van der Waals surface area contributed by atoms with Crippen molar-refractivity contribution in [2.45, 2.75) is 57.5 Å². The summed E-state index contributed by atoms with van der Waals surface area (Å²) in [7, 11) is 2.05. The van der Waals surface area contributed by atoms with Crippen LogP contribution in [-0.2, 0) is 26.4 Å². The Kier molecular flexibility index (Phi) is 4.33. The molecule has 4 rings (SSSR count). The van der Waals surface area contributed by atoms with Gasteiger partial charge in [-0.05, 0) is 50.6 Å². The maximum atomic E-state index is 11.7. The summed E-state index contributed by atoms with van der Waals surface area (Å²) in [5, 5.41) is 11.8. The van der Waals surface area contributed by atoms with Gasteiger partial charge in [0, 0.05) is 13.6 Å². The fourth-order valence-electron chi connectivity index (χ4n) is 4.39. The van der Waals surface area contributed by atoms with Crippen LogP contribution in [0.3, 0.4) is 0 Å². The number of rotatable bonds is 4. The number of carbonyl (C=O) groups excluding carboxylic acids is 1. The molecular formula is C18H26N6O. The van der Waals surface area contributed by atoms with Crippen molar-refractivity contribution in [2.24, 2.45) is 12.8 Å². The van der Waals surface area contributed by atoms with Gasteiger partial charge < -0.3 is 5.73 Å². The Balaban J connectivity index is 1.63. The molecule has 25 heavy (non-hydrogen) atoms. The lowest BCUT2D eigenvalue weighted by atomic mass is 9.93. The van der Waals surface area contributed by atoms with E-state index < -0.39 is 5.91 Å². The van der Waals surface area contributed by atoms with E-state index in [0.29, 0.717) is 5.56 Å². The average Bonchev–Trinajstić information content (AvgIpc) is 3.21. The smallest absolute Gasteiger partial charge is 0.252 e. The molecule has 2 aromatic rings. The lowest BCUT2D eigenvalue weighted by Gasteiger charge is -2.35. The Labute approximate surface area is 147 Å². The molecule has 1 amide bonds. The zero-order valence-electron chi connectivity index (χ0n) is 14.8. The van der Waals surface area contributed by atoms with Gasteiger partial charge in [0.2, 0.25) is 0 Å². The highest BCUT2D eigenvalue weighted by molar-refractivity contribution is 5.93. The first kappa shape index (κ1) is 16.3. The van der Waals surface area contributed by atoms with E-state index in [-0.39, 0.29) is 6.04 Å². The summed E-state index contributed by atoms with van der Waals surface area (Å²) in [5.74, 6) is -0.410. The van der Waals surface area contributed by atoms with E-state index in [4.69, 9.17) is 10.8 Å². The van der Waals surface area contributed by atoms with E-state index in [0.717, 1.165) is 44.5 Å². The van der Waals surface area contributed by atoms with Crippen LogP contribution in [0.1, 0.15) is 71.1 Å². The summed E-state index contributed by atoms with van der Waals surface area (Å²) in [6, 6.07) is 0.160. The monoisotopic (exact) mass is 342 g/mol. The molecule has 0 saturated carbocycles. The van der Waals surface area contributed by atoms with Crippen molar-refractivity contribution in [1.29, 1.82) is 0 Å². The fraction of sp³-hybridized carbons (Fsp3) is 0.611. The number of aryl methyl sites for hydroxylation is 2. The second-order valence-electron chi connectivity index (χ2n) is 7.25. The lowest BCUT2D eigenvalue weighted by Crippen LogP contribution is -2.35. The first-order chi connectivity index (χ1) is 12.1. The van der Waals surface area contributed by atoms with E-state index in [9.17, 15) is 4.79 Å². The molecular weight excluding hydrogens is 316 g/mol. The molecule has 2 aliphatic rings. The predicted octanol–water partition coefficient (Wildman–Crippen LogP) is 1.85. The molecule has 1 unspecified atom stereocenters. The van der Waals surface area contributed by atoms with Crippen LogP contribution < -0.4 is 5.73 Å². The molecule has 3 N–H and O–H groups in total. The first-order valence-corrected chi connectivity index (χ1v) is 9.26. The minimum absolute atomic E-state index is 0.160. The summed E-state index contributed by atoms with van der Waals surface area (Å²) in [6.07, 6.45) is 9.62. The van der Waals surface area contributed by atoms with E-state index in [1.807, 2.05) is 0 Å². The summed E-state index contributed by atoms with van der Waals surface area (Å²) in [4.78, 5) is 14.2. The van der Waals surface area contributed by atoms with Crippen LogP contribution in [0.2, 0.25) is 0 Å². The van der Waals surface area contributed by atoms with Gasteiger partial charge in [-0.2, -0.15) is 10.2 Å². The van der Waals surface area contributed by atoms with Gasteiger partial charge >= 0.3 is 0 Å². The highest BCUT2D eigenvalue weighted by atomic mass is 16.1. The molecule has 7 nitrogen and oxygen atoms in total. The number of nitrogens with one attached hydrogen (secondary N) is 1. The Morgan fingerprint density at radius 1 is 1.32 bits per heavy atom. The molecule has 0 spiro atoms. The van der Waals surface area contributed by atoms with Gasteiger partial charge in [-0.25, -0.2) is 0 Å². The molecule has 1 saturated heterocycles. The maximum Gasteiger partial charge on any atom is 0.252 e. The normalized spacial score (nSPS) is 21.2. The number of carbonyl (C=O) groups is 1. The van der Waals surface area contributed by atoms with E-state index in [1.54, 1.807) is 6.20 Å². The van der Waals surface area contributed by atoms with Crippen LogP contribution in [0.15, 0.2) is 6.20 Å². The average molecular weight is 342 g/mol. The fourth-order valence-corrected chi connectivity index (χ4v) is 4.39. The molecule has 0 radical (unpaired) electrons. The minimum Gasteiger partial charge on any atom is -0.365 e. The number of aromatic amines is 1. The van der Waals surface area contributed by atoms with Gasteiger partial charge in [0.25, 0.3) is 5.91 Å². The molecule has 1 atom stereocenters. The van der Waals surface area contributed by atoms with Crippen LogP contribution >= 0.6 is 0 Å². The van der Waals surface area contributed by atoms with Crippen molar-refractivity contribution >= 4 is 5.91 Å². The summed E-state index contributed by atoms with van der Waals surface area (Å²) >= 11 is 0. The van der Waals surface area contributed by atoms with E-state index in [2.05, 4.69) is 26.8 Å². The number of hydrogen-bond acceptors (Lipinski definition) is 4. The van der Waals surface area contributed by atoms with E-state index >= 15 is 0 Å². The number of likely N-dealkylation sites (tertiary alicyclic amines) is 1. The van der Waals surface area contributed by atoms with Crippen molar-refractivity contribution in [1.82, 2.24) is 24.9 Å². The lowest BCUT2D eigenvalue weighted by molar-refractivity contribution is 0.0989. The molecule has 0 bridgehead atoms. The van der Waals surface area contributed by atoms with Gasteiger partial charge in [0.15, 0.2) is 0 Å². The Bertz CT molecular complexity index is 777. The molecule has 3 heterocycles. The molecule has 7 heteroatoms. The summed E-state index contributed by atoms with van der Waals surface area (Å²) < 4.78 is 2.06. The number of nitrogens with two attached hydrogens (primary N) is 1. The van der Waals surface area contributed by atoms with Crippen molar-refractivity contribution in [3.05, 3.63) is 34.4 Å². The minimum atomic E-state index is -0.410. The van der Waals surface area contributed by atoms with Crippen molar-refractivity contribution in [3.63, 3.8) is 0 Å². The van der Waals surface area contributed by atoms with Crippen molar-refractivity contribution in [2.75, 3.05) is 6.54 Å². The van der Waals surface area contributed by atoms with Gasteiger partial charge in [-0.1, -0.05) is 6.42 Å². The zero-order chi connectivity index (χ0) is 17.4. The van der Waals surface area contributed by atoms with Crippen molar-refractivity contribution < 1.29 is 4.79 Å². The van der Waals surface area contributed by atoms with Crippen LogP contribution in [0.25, 0.3) is 0 Å². The summed E-state index contributed by atoms with van der Waals surface area (Å²) in [6.45, 7) is 1.88. The molecule has 1 aliphatic carbocycles. The highest BCUT2D eigenvalue weighted by Gasteiger charge is 2.30. The van der Waals surface area contributed by atoms with Crippen LogP contribution in [0, 0.1) is 0 Å². The third kappa shape index (κ3) is 2.97. The quantitative estimate of drug-likeness (QED) is 0.887. The third-order valence-electron chi connectivity index (χ3n) is 5.68. The Morgan fingerprint density at radius 3 is 3.00 bits per heavy atom. The summed E-state index contributed by atoms with van der Waals surface area (Å²) in [5.41, 5.74) is 11.0. The van der Waals surface area contributed by atoms with Crippen LogP contribution in [0.4, 0.5) is 0 Å². The van der Waals surface area contributed by atoms with Gasteiger partial charge in [0.05, 0.1) is 34.9 Å². The predicted molar refractivity (Wildman–Crippen MR) is 94.0 cm³/mol. The standard InChI is InChI=1S/C18H26N6O/c1-23-16(12-6-2-3-7-14(12)22-23)11-24-9-5-4-8-15(24)17-13(18(19)25)10-20-21-17/h10,15H,2-9,11H2,1H3,(H2,19,25)(H,20,21). The second kappa shape index (κ2) is 6.63. The maximum absolute atomic E-state index is 11.7. The molecule has 0 aromatic carbocycles. The topological polar surface area (TPSA) is 92.8 Å². The van der Waals surface area contributed by atoms with Crippen LogP contribution in [0.5, 0.6) is 0 Å². The number of piperidine rings is 1. The molecule has 134 valence electrons. The van der Waals surface area contributed by atoms with Gasteiger partial charge in [-0.3, -0.25) is 19.5 Å². The highest BCUT2D eigenvalue weighted by Crippen LogP contribution is 2.34. The number of primary amides is 1. The third-order valence-corrected chi connectivity index (χ3v) is 5.68. The number of H-pyrrole nitrogens is 1. The number of hydrogen-bond donors (Lipinski definition) is 2. The number of aromatic nitrogens is 4. The van der Waals surface area contributed by atoms with Crippen molar-refractivity contribution in [3.8, 4) is 0 Å². The largest absolute Gasteiger partial charge is 0.365 e. The second-order valence-corrected chi connectivity index (χ2v) is 7.25. The zero-order valence-corrected chi connectivity index (χ0v) is 14.8. The molecule has 2 aromatic heterocycles. The van der Waals surface area contributed by atoms with Gasteiger partial charge in [0.1, 0.15) is 0 Å². The Hall–Kier alpha value is -2.15. The SMILES string of the molecule is Cn1nc2c(c1CN1CCCCC1c1[nH]ncc1C(N)=O)CCCC2. The number of amides is 1. The molecule has 1 aliphatic heterocycles. The van der Waals surface area contributed by atoms with E-state index in [1.165, 1.54) is 36.2 Å². The molecule has 1 fully saturated rings. The number of fused-ring (bicyclic) bond motifs is 1. The first-order valence-electron chi connectivity index (χ1n) is 9.26. The van der Waals surface area contributed by atoms with Gasteiger partial charge in [-0.15, -0.1) is 0 Å². The Morgan fingerprint density at radius 2 is 2.16 bits per heavy atom. The number of nitrogens with zero attached hydrogens (tertiary/aromatic N) is 4. The van der Waals surface area contributed by atoms with Crippen LogP contribution in [-0.4, -0.2) is 37.3 Å².